The molecular weight excluding hydrogens is 329 g/mol. The van der Waals surface area contributed by atoms with Gasteiger partial charge in [0.15, 0.2) is 0 Å². The number of benzene rings is 2. The standard InChI is InChI=1S/C21H22FN3O/c1-25-17(12-14-24-25)11-13-23-21(26)15-19(16-7-3-2-4-8-16)18-9-5-6-10-20(18)22/h2-10,12,14,19H,11,13,15H2,1H3,(H,23,26)/t19-/m1/s1. The van der Waals surface area contributed by atoms with Crippen molar-refractivity contribution < 1.29 is 9.18 Å². The highest BCUT2D eigenvalue weighted by Gasteiger charge is 2.20. The minimum atomic E-state index is -0.311. The Hall–Kier alpha value is -2.95. The first-order valence-electron chi connectivity index (χ1n) is 8.68. The smallest absolute Gasteiger partial charge is 0.220 e. The van der Waals surface area contributed by atoms with Gasteiger partial charge in [0.2, 0.25) is 5.91 Å². The third-order valence-corrected chi connectivity index (χ3v) is 4.50. The normalized spacial score (nSPS) is 11.9. The van der Waals surface area contributed by atoms with Crippen molar-refractivity contribution in [1.82, 2.24) is 15.1 Å². The Bertz CT molecular complexity index is 860. The Kier molecular flexibility index (Phi) is 5.79. The highest BCUT2D eigenvalue weighted by molar-refractivity contribution is 5.77. The number of aryl methyl sites for hydroxylation is 1. The molecular formula is C21H22FN3O. The van der Waals surface area contributed by atoms with Gasteiger partial charge in [-0.2, -0.15) is 5.10 Å². The Morgan fingerprint density at radius 2 is 1.85 bits per heavy atom. The molecule has 1 N–H and O–H groups in total. The molecule has 0 saturated carbocycles. The number of nitrogens with zero attached hydrogens (tertiary/aromatic N) is 2. The van der Waals surface area contributed by atoms with Crippen molar-refractivity contribution in [3.63, 3.8) is 0 Å². The Morgan fingerprint density at radius 3 is 2.54 bits per heavy atom. The maximum absolute atomic E-state index is 14.3. The van der Waals surface area contributed by atoms with Gasteiger partial charge in [-0.1, -0.05) is 48.5 Å². The van der Waals surface area contributed by atoms with Crippen molar-refractivity contribution in [3.05, 3.63) is 89.5 Å². The summed E-state index contributed by atoms with van der Waals surface area (Å²) < 4.78 is 16.1. The minimum absolute atomic E-state index is 0.0933. The van der Waals surface area contributed by atoms with Gasteiger partial charge < -0.3 is 5.32 Å². The van der Waals surface area contributed by atoms with Gasteiger partial charge in [0.1, 0.15) is 5.82 Å². The van der Waals surface area contributed by atoms with Gasteiger partial charge in [-0.15, -0.1) is 0 Å². The van der Waals surface area contributed by atoms with Gasteiger partial charge >= 0.3 is 0 Å². The number of nitrogens with one attached hydrogen (secondary N) is 1. The highest BCUT2D eigenvalue weighted by atomic mass is 19.1. The summed E-state index contributed by atoms with van der Waals surface area (Å²) in [4.78, 5) is 12.5. The van der Waals surface area contributed by atoms with Crippen LogP contribution in [-0.2, 0) is 18.3 Å². The van der Waals surface area contributed by atoms with Crippen LogP contribution in [0, 0.1) is 5.82 Å². The third-order valence-electron chi connectivity index (χ3n) is 4.50. The van der Waals surface area contributed by atoms with Crippen LogP contribution in [0.5, 0.6) is 0 Å². The van der Waals surface area contributed by atoms with E-state index >= 15 is 0 Å². The minimum Gasteiger partial charge on any atom is -0.356 e. The molecule has 3 rings (SSSR count). The lowest BCUT2D eigenvalue weighted by molar-refractivity contribution is -0.121. The number of amides is 1. The van der Waals surface area contributed by atoms with Gasteiger partial charge in [0.25, 0.3) is 0 Å². The lowest BCUT2D eigenvalue weighted by Crippen LogP contribution is -2.28. The average molecular weight is 351 g/mol. The number of hydrogen-bond acceptors (Lipinski definition) is 2. The van der Waals surface area contributed by atoms with Gasteiger partial charge in [0, 0.05) is 44.2 Å². The SMILES string of the molecule is Cn1nccc1CCNC(=O)C[C@H](c1ccccc1)c1ccccc1F. The van der Waals surface area contributed by atoms with Crippen LogP contribution in [0.15, 0.2) is 66.9 Å². The highest BCUT2D eigenvalue weighted by Crippen LogP contribution is 2.29. The Labute approximate surface area is 152 Å². The molecule has 0 aliphatic heterocycles. The van der Waals surface area contributed by atoms with Crippen LogP contribution in [-0.4, -0.2) is 22.2 Å². The van der Waals surface area contributed by atoms with E-state index in [0.717, 1.165) is 11.3 Å². The molecule has 0 radical (unpaired) electrons. The van der Waals surface area contributed by atoms with Crippen molar-refractivity contribution in [3.8, 4) is 0 Å². The van der Waals surface area contributed by atoms with Crippen molar-refractivity contribution in [2.24, 2.45) is 7.05 Å². The lowest BCUT2D eigenvalue weighted by Gasteiger charge is -2.18. The molecule has 5 heteroatoms. The van der Waals surface area contributed by atoms with Gasteiger partial charge in [-0.25, -0.2) is 4.39 Å². The van der Waals surface area contributed by atoms with E-state index in [1.54, 1.807) is 29.1 Å². The maximum atomic E-state index is 14.3. The van der Waals surface area contributed by atoms with E-state index in [0.29, 0.717) is 18.5 Å². The number of rotatable bonds is 7. The quantitative estimate of drug-likeness (QED) is 0.709. The Balaban J connectivity index is 1.69. The molecule has 3 aromatic rings. The summed E-state index contributed by atoms with van der Waals surface area (Å²) in [5.74, 6) is -0.692. The van der Waals surface area contributed by atoms with Crippen LogP contribution in [0.4, 0.5) is 4.39 Å². The fraction of sp³-hybridized carbons (Fsp3) is 0.238. The molecule has 0 aliphatic carbocycles. The molecule has 0 unspecified atom stereocenters. The lowest BCUT2D eigenvalue weighted by atomic mass is 9.88. The Morgan fingerprint density at radius 1 is 1.12 bits per heavy atom. The number of carbonyl (C=O) groups excluding carboxylic acids is 1. The summed E-state index contributed by atoms with van der Waals surface area (Å²) >= 11 is 0. The van der Waals surface area contributed by atoms with E-state index in [4.69, 9.17) is 0 Å². The largest absolute Gasteiger partial charge is 0.356 e. The van der Waals surface area contributed by atoms with Crippen molar-refractivity contribution in [2.75, 3.05) is 6.54 Å². The summed E-state index contributed by atoms with van der Waals surface area (Å²) in [6.45, 7) is 0.525. The molecule has 0 spiro atoms. The molecule has 0 fully saturated rings. The molecule has 1 heterocycles. The molecule has 0 bridgehead atoms. The molecule has 1 amide bonds. The van der Waals surface area contributed by atoms with Crippen molar-refractivity contribution >= 4 is 5.91 Å². The first-order valence-corrected chi connectivity index (χ1v) is 8.68. The van der Waals surface area contributed by atoms with Gasteiger partial charge in [-0.3, -0.25) is 9.48 Å². The first-order chi connectivity index (χ1) is 12.6. The summed E-state index contributed by atoms with van der Waals surface area (Å²) in [6, 6.07) is 18.2. The molecule has 1 atom stereocenters. The van der Waals surface area contributed by atoms with E-state index in [9.17, 15) is 9.18 Å². The zero-order chi connectivity index (χ0) is 18.4. The van der Waals surface area contributed by atoms with Crippen molar-refractivity contribution in [1.29, 1.82) is 0 Å². The molecule has 4 nitrogen and oxygen atoms in total. The second-order valence-corrected chi connectivity index (χ2v) is 6.24. The van der Waals surface area contributed by atoms with E-state index in [2.05, 4.69) is 10.4 Å². The summed E-state index contributed by atoms with van der Waals surface area (Å²) in [7, 11) is 1.88. The average Bonchev–Trinajstić information content (AvgIpc) is 3.06. The van der Waals surface area contributed by atoms with Crippen LogP contribution in [0.1, 0.15) is 29.2 Å². The van der Waals surface area contributed by atoms with E-state index in [-0.39, 0.29) is 24.1 Å². The van der Waals surface area contributed by atoms with E-state index in [1.807, 2.05) is 43.4 Å². The summed E-state index contributed by atoms with van der Waals surface area (Å²) in [5, 5.41) is 7.05. The van der Waals surface area contributed by atoms with Crippen LogP contribution < -0.4 is 5.32 Å². The van der Waals surface area contributed by atoms with Crippen LogP contribution in [0.25, 0.3) is 0 Å². The number of halogens is 1. The predicted molar refractivity (Wildman–Crippen MR) is 99.2 cm³/mol. The molecule has 0 saturated heterocycles. The summed E-state index contributed by atoms with van der Waals surface area (Å²) in [5.41, 5.74) is 2.53. The second-order valence-electron chi connectivity index (χ2n) is 6.24. The molecule has 1 aromatic heterocycles. The van der Waals surface area contributed by atoms with Gasteiger partial charge in [0.05, 0.1) is 0 Å². The molecule has 134 valence electrons. The zero-order valence-corrected chi connectivity index (χ0v) is 14.7. The van der Waals surface area contributed by atoms with E-state index in [1.165, 1.54) is 6.07 Å². The number of carbonyl (C=O) groups is 1. The molecule has 26 heavy (non-hydrogen) atoms. The molecule has 2 aromatic carbocycles. The molecule has 0 aliphatic rings. The maximum Gasteiger partial charge on any atom is 0.220 e. The zero-order valence-electron chi connectivity index (χ0n) is 14.7. The first kappa shape index (κ1) is 17.9. The van der Waals surface area contributed by atoms with Crippen LogP contribution >= 0.6 is 0 Å². The fourth-order valence-corrected chi connectivity index (χ4v) is 3.08. The fourth-order valence-electron chi connectivity index (χ4n) is 3.08. The van der Waals surface area contributed by atoms with Crippen LogP contribution in [0.2, 0.25) is 0 Å². The summed E-state index contributed by atoms with van der Waals surface area (Å²) in [6.07, 6.45) is 2.65. The third kappa shape index (κ3) is 4.36. The van der Waals surface area contributed by atoms with Crippen LogP contribution in [0.3, 0.4) is 0 Å². The predicted octanol–water partition coefficient (Wildman–Crippen LogP) is 3.44. The monoisotopic (exact) mass is 351 g/mol. The second kappa shape index (κ2) is 8.43. The number of aromatic nitrogens is 2. The van der Waals surface area contributed by atoms with Crippen molar-refractivity contribution in [2.45, 2.75) is 18.8 Å². The number of hydrogen-bond donors (Lipinski definition) is 1. The topological polar surface area (TPSA) is 46.9 Å². The van der Waals surface area contributed by atoms with Gasteiger partial charge in [-0.05, 0) is 23.3 Å². The van der Waals surface area contributed by atoms with E-state index < -0.39 is 0 Å².